The third-order valence-electron chi connectivity index (χ3n) is 2.81. The van der Waals surface area contributed by atoms with E-state index in [4.69, 9.17) is 11.5 Å². The van der Waals surface area contributed by atoms with E-state index in [-0.39, 0.29) is 11.9 Å². The Morgan fingerprint density at radius 3 is 2.76 bits per heavy atom. The van der Waals surface area contributed by atoms with E-state index in [9.17, 15) is 4.79 Å². The van der Waals surface area contributed by atoms with Gasteiger partial charge in [-0.05, 0) is 28.6 Å². The lowest BCUT2D eigenvalue weighted by Gasteiger charge is -2.16. The Kier molecular flexibility index (Phi) is 1.89. The van der Waals surface area contributed by atoms with Gasteiger partial charge in [-0.15, -0.1) is 0 Å². The van der Waals surface area contributed by atoms with Gasteiger partial charge in [0.2, 0.25) is 5.96 Å². The Bertz CT molecular complexity index is 700. The van der Waals surface area contributed by atoms with Crippen molar-refractivity contribution in [2.45, 2.75) is 0 Å². The van der Waals surface area contributed by atoms with Crippen molar-refractivity contribution in [2.24, 2.45) is 21.6 Å². The summed E-state index contributed by atoms with van der Waals surface area (Å²) in [5.74, 6) is -0.696. The molecule has 0 saturated carbocycles. The van der Waals surface area contributed by atoms with Gasteiger partial charge in [0, 0.05) is 5.69 Å². The number of benzene rings is 1. The number of nitrogen functional groups attached to an aromatic ring is 1. The normalized spacial score (nSPS) is 21.4. The fraction of sp³-hybridized carbons (Fsp3) is 0.0833. The molecular formula is C12H10N4O. The van der Waals surface area contributed by atoms with Crippen LogP contribution in [0.3, 0.4) is 0 Å². The summed E-state index contributed by atoms with van der Waals surface area (Å²) >= 11 is 0. The molecule has 84 valence electrons. The van der Waals surface area contributed by atoms with Crippen molar-refractivity contribution in [3.8, 4) is 0 Å². The van der Waals surface area contributed by atoms with E-state index in [1.54, 1.807) is 0 Å². The fourth-order valence-electron chi connectivity index (χ4n) is 2.02. The summed E-state index contributed by atoms with van der Waals surface area (Å²) in [6.07, 6.45) is 3.67. The molecule has 1 heterocycles. The van der Waals surface area contributed by atoms with E-state index in [0.29, 0.717) is 11.4 Å². The number of fused-ring (bicyclic) bond motifs is 2. The number of amides is 1. The quantitative estimate of drug-likeness (QED) is 0.541. The Hall–Kier alpha value is -2.43. The molecule has 0 radical (unpaired) electrons. The second-order valence-electron chi connectivity index (χ2n) is 4.02. The lowest BCUT2D eigenvalue weighted by atomic mass is 9.93. The second kappa shape index (κ2) is 3.28. The third-order valence-corrected chi connectivity index (χ3v) is 2.81. The van der Waals surface area contributed by atoms with Gasteiger partial charge in [0.15, 0.2) is 0 Å². The highest BCUT2D eigenvalue weighted by Gasteiger charge is 2.26. The number of nitrogens with zero attached hydrogens (tertiary/aromatic N) is 2. The van der Waals surface area contributed by atoms with E-state index in [1.807, 2.05) is 30.4 Å². The van der Waals surface area contributed by atoms with Crippen molar-refractivity contribution in [3.05, 3.63) is 28.6 Å². The van der Waals surface area contributed by atoms with Gasteiger partial charge in [-0.3, -0.25) is 4.79 Å². The monoisotopic (exact) mass is 226 g/mol. The minimum atomic E-state index is -0.434. The molecule has 5 heteroatoms. The highest BCUT2D eigenvalue weighted by molar-refractivity contribution is 6.29. The Morgan fingerprint density at radius 1 is 1.12 bits per heavy atom. The first kappa shape index (κ1) is 9.77. The topological polar surface area (TPSA) is 93.8 Å². The Morgan fingerprint density at radius 2 is 1.94 bits per heavy atom. The maximum Gasteiger partial charge on any atom is 0.261 e. The predicted molar refractivity (Wildman–Crippen MR) is 66.6 cm³/mol. The molecular weight excluding hydrogens is 216 g/mol. The number of rotatable bonds is 0. The van der Waals surface area contributed by atoms with Crippen LogP contribution in [-0.2, 0) is 4.79 Å². The molecule has 1 aliphatic heterocycles. The largest absolute Gasteiger partial charge is 0.399 e. The van der Waals surface area contributed by atoms with Crippen LogP contribution in [0.5, 0.6) is 0 Å². The summed E-state index contributed by atoms with van der Waals surface area (Å²) < 4.78 is 0. The molecule has 1 aliphatic carbocycles. The van der Waals surface area contributed by atoms with Gasteiger partial charge in [0.25, 0.3) is 5.91 Å². The molecule has 1 amide bonds. The van der Waals surface area contributed by atoms with Gasteiger partial charge in [0.1, 0.15) is 5.92 Å². The summed E-state index contributed by atoms with van der Waals surface area (Å²) in [6, 6.07) is 5.54. The van der Waals surface area contributed by atoms with Crippen molar-refractivity contribution in [1.82, 2.24) is 0 Å². The summed E-state index contributed by atoms with van der Waals surface area (Å²) in [6.45, 7) is 0. The van der Waals surface area contributed by atoms with E-state index >= 15 is 0 Å². The molecule has 0 spiro atoms. The number of carbonyl (C=O) groups excluding carboxylic acids is 1. The molecule has 1 unspecified atom stereocenters. The molecule has 1 aromatic rings. The Labute approximate surface area is 96.9 Å². The zero-order chi connectivity index (χ0) is 12.0. The standard InChI is InChI=1S/C12H10N4O/c13-8-2-1-6-5-10-9(4-7(6)3-8)11(17)16-12(14)15-10/h1-5,9H,13H2,(H2,14,16,17). The first-order valence-electron chi connectivity index (χ1n) is 5.19. The highest BCUT2D eigenvalue weighted by Crippen LogP contribution is 2.13. The average molecular weight is 226 g/mol. The average Bonchev–Trinajstić information content (AvgIpc) is 2.27. The van der Waals surface area contributed by atoms with Gasteiger partial charge in [-0.2, -0.15) is 4.99 Å². The number of nitrogens with two attached hydrogens (primary N) is 2. The lowest BCUT2D eigenvalue weighted by molar-refractivity contribution is -0.118. The number of anilines is 1. The van der Waals surface area contributed by atoms with Crippen molar-refractivity contribution in [2.75, 3.05) is 5.73 Å². The number of aliphatic imine (C=N–C) groups is 2. The zero-order valence-electron chi connectivity index (χ0n) is 8.92. The van der Waals surface area contributed by atoms with E-state index in [1.165, 1.54) is 0 Å². The van der Waals surface area contributed by atoms with E-state index in [0.717, 1.165) is 10.4 Å². The Balaban J connectivity index is 2.28. The van der Waals surface area contributed by atoms with Crippen LogP contribution in [0, 0.1) is 5.92 Å². The van der Waals surface area contributed by atoms with Crippen LogP contribution in [-0.4, -0.2) is 17.6 Å². The first-order chi connectivity index (χ1) is 8.13. The van der Waals surface area contributed by atoms with Crippen molar-refractivity contribution in [3.63, 3.8) is 0 Å². The van der Waals surface area contributed by atoms with Crippen LogP contribution in [0.2, 0.25) is 0 Å². The van der Waals surface area contributed by atoms with Crippen LogP contribution in [0.15, 0.2) is 28.2 Å². The number of carbonyl (C=O) groups is 1. The summed E-state index contributed by atoms with van der Waals surface area (Å²) in [5, 5.41) is 1.91. The van der Waals surface area contributed by atoms with Crippen LogP contribution >= 0.6 is 0 Å². The van der Waals surface area contributed by atoms with Crippen LogP contribution in [0.25, 0.3) is 12.2 Å². The van der Waals surface area contributed by atoms with Crippen molar-refractivity contribution in [1.29, 1.82) is 0 Å². The zero-order valence-corrected chi connectivity index (χ0v) is 8.92. The summed E-state index contributed by atoms with van der Waals surface area (Å²) in [5.41, 5.74) is 12.5. The molecule has 0 bridgehead atoms. The van der Waals surface area contributed by atoms with Crippen LogP contribution in [0.1, 0.15) is 0 Å². The molecule has 3 rings (SSSR count). The van der Waals surface area contributed by atoms with Gasteiger partial charge in [-0.1, -0.05) is 12.1 Å². The van der Waals surface area contributed by atoms with E-state index in [2.05, 4.69) is 9.98 Å². The van der Waals surface area contributed by atoms with Gasteiger partial charge < -0.3 is 11.5 Å². The molecule has 0 saturated heterocycles. The van der Waals surface area contributed by atoms with Crippen molar-refractivity contribution >= 4 is 35.4 Å². The molecule has 5 nitrogen and oxygen atoms in total. The van der Waals surface area contributed by atoms with Crippen LogP contribution < -0.4 is 21.9 Å². The molecule has 4 N–H and O–H groups in total. The number of guanidine groups is 1. The van der Waals surface area contributed by atoms with Crippen LogP contribution in [0.4, 0.5) is 5.69 Å². The van der Waals surface area contributed by atoms with Gasteiger partial charge in [0.05, 0.1) is 5.71 Å². The maximum atomic E-state index is 11.7. The van der Waals surface area contributed by atoms with Crippen molar-refractivity contribution < 1.29 is 4.79 Å². The molecule has 2 aliphatic rings. The molecule has 1 atom stereocenters. The molecule has 17 heavy (non-hydrogen) atoms. The van der Waals surface area contributed by atoms with E-state index < -0.39 is 5.92 Å². The summed E-state index contributed by atoms with van der Waals surface area (Å²) in [4.78, 5) is 19.4. The molecule has 0 aromatic heterocycles. The van der Waals surface area contributed by atoms with Gasteiger partial charge >= 0.3 is 0 Å². The molecule has 1 aromatic carbocycles. The maximum absolute atomic E-state index is 11.7. The first-order valence-corrected chi connectivity index (χ1v) is 5.19. The fourth-order valence-corrected chi connectivity index (χ4v) is 2.02. The third kappa shape index (κ3) is 1.52. The molecule has 0 fully saturated rings. The van der Waals surface area contributed by atoms with Gasteiger partial charge in [-0.25, -0.2) is 4.99 Å². The number of hydrogen-bond donors (Lipinski definition) is 2. The SMILES string of the molecule is NC1=NC(=O)C2C=c3cc(N)ccc3=CC2=N1. The number of hydrogen-bond acceptors (Lipinski definition) is 4. The lowest BCUT2D eigenvalue weighted by Crippen LogP contribution is -2.38. The minimum Gasteiger partial charge on any atom is -0.399 e. The smallest absolute Gasteiger partial charge is 0.261 e. The summed E-state index contributed by atoms with van der Waals surface area (Å²) in [7, 11) is 0. The predicted octanol–water partition coefficient (Wildman–Crippen LogP) is -1.24. The highest BCUT2D eigenvalue weighted by atomic mass is 16.1. The second-order valence-corrected chi connectivity index (χ2v) is 4.02. The minimum absolute atomic E-state index is 0.0183.